The maximum Gasteiger partial charge on any atom is 0.292 e. The summed E-state index contributed by atoms with van der Waals surface area (Å²) in [7, 11) is 0. The summed E-state index contributed by atoms with van der Waals surface area (Å²) in [5.41, 5.74) is 5.85. The number of imidazole rings is 1. The van der Waals surface area contributed by atoms with Gasteiger partial charge in [-0.25, -0.2) is 4.98 Å². The van der Waals surface area contributed by atoms with Gasteiger partial charge in [0.05, 0.1) is 11.3 Å². The number of nitro benzene ring substituents is 1. The summed E-state index contributed by atoms with van der Waals surface area (Å²) in [5, 5.41) is 20.9. The average molecular weight is 246 g/mol. The van der Waals surface area contributed by atoms with Crippen LogP contribution < -0.4 is 11.1 Å². The molecule has 8 heteroatoms. The van der Waals surface area contributed by atoms with Gasteiger partial charge in [-0.2, -0.15) is 0 Å². The molecule has 1 aromatic heterocycles. The topological polar surface area (TPSA) is 134 Å². The van der Waals surface area contributed by atoms with Crippen molar-refractivity contribution in [3.05, 3.63) is 46.4 Å². The van der Waals surface area contributed by atoms with Crippen LogP contribution in [-0.2, 0) is 0 Å². The molecule has 0 fully saturated rings. The molecule has 0 aliphatic rings. The van der Waals surface area contributed by atoms with Crippen LogP contribution in [0, 0.1) is 15.5 Å². The molecule has 0 atom stereocenters. The van der Waals surface area contributed by atoms with Gasteiger partial charge in [0.15, 0.2) is 5.82 Å². The summed E-state index contributed by atoms with van der Waals surface area (Å²) in [6.07, 6.45) is 1.36. The molecule has 0 spiro atoms. The zero-order valence-electron chi connectivity index (χ0n) is 9.18. The zero-order valence-corrected chi connectivity index (χ0v) is 9.18. The quantitative estimate of drug-likeness (QED) is 0.279. The van der Waals surface area contributed by atoms with Crippen molar-refractivity contribution in [2.75, 3.05) is 5.32 Å². The minimum atomic E-state index is -0.498. The van der Waals surface area contributed by atoms with Crippen molar-refractivity contribution in [1.29, 1.82) is 5.41 Å². The second-order valence-corrected chi connectivity index (χ2v) is 3.44. The van der Waals surface area contributed by atoms with E-state index in [-0.39, 0.29) is 28.7 Å². The van der Waals surface area contributed by atoms with Crippen molar-refractivity contribution in [3.8, 4) is 0 Å². The summed E-state index contributed by atoms with van der Waals surface area (Å²) in [6.45, 7) is 0. The SMILES string of the molecule is N=C(N)c1[nH]cnc1Nc1ccccc1[N+](=O)[O-]. The summed E-state index contributed by atoms with van der Waals surface area (Å²) < 4.78 is 0. The molecule has 1 aromatic carbocycles. The van der Waals surface area contributed by atoms with E-state index in [2.05, 4.69) is 15.3 Å². The van der Waals surface area contributed by atoms with Crippen LogP contribution in [0.4, 0.5) is 17.2 Å². The molecule has 0 aliphatic heterocycles. The molecule has 0 saturated carbocycles. The van der Waals surface area contributed by atoms with E-state index in [4.69, 9.17) is 11.1 Å². The van der Waals surface area contributed by atoms with Crippen molar-refractivity contribution in [2.45, 2.75) is 0 Å². The Morgan fingerprint density at radius 2 is 2.22 bits per heavy atom. The lowest BCUT2D eigenvalue weighted by molar-refractivity contribution is -0.383. The molecule has 92 valence electrons. The normalized spacial score (nSPS) is 10.0. The number of aromatic nitrogens is 2. The Morgan fingerprint density at radius 1 is 1.50 bits per heavy atom. The molecule has 0 bridgehead atoms. The van der Waals surface area contributed by atoms with Gasteiger partial charge in [0, 0.05) is 6.07 Å². The first kappa shape index (κ1) is 11.6. The number of hydrogen-bond acceptors (Lipinski definition) is 5. The number of hydrogen-bond donors (Lipinski definition) is 4. The highest BCUT2D eigenvalue weighted by Gasteiger charge is 2.15. The van der Waals surface area contributed by atoms with Crippen molar-refractivity contribution in [3.63, 3.8) is 0 Å². The van der Waals surface area contributed by atoms with E-state index in [1.807, 2.05) is 0 Å². The molecule has 0 amide bonds. The second-order valence-electron chi connectivity index (χ2n) is 3.44. The molecule has 0 aliphatic carbocycles. The van der Waals surface area contributed by atoms with Crippen molar-refractivity contribution >= 4 is 23.0 Å². The number of para-hydroxylation sites is 2. The minimum Gasteiger partial charge on any atom is -0.382 e. The fourth-order valence-electron chi connectivity index (χ4n) is 1.46. The molecule has 0 unspecified atom stereocenters. The lowest BCUT2D eigenvalue weighted by Crippen LogP contribution is -2.13. The van der Waals surface area contributed by atoms with Gasteiger partial charge in [0.1, 0.15) is 17.2 Å². The summed E-state index contributed by atoms with van der Waals surface area (Å²) >= 11 is 0. The lowest BCUT2D eigenvalue weighted by atomic mass is 10.2. The van der Waals surface area contributed by atoms with Gasteiger partial charge in [-0.1, -0.05) is 12.1 Å². The van der Waals surface area contributed by atoms with E-state index >= 15 is 0 Å². The van der Waals surface area contributed by atoms with Crippen molar-refractivity contribution in [2.24, 2.45) is 5.73 Å². The van der Waals surface area contributed by atoms with Crippen molar-refractivity contribution in [1.82, 2.24) is 9.97 Å². The Bertz CT molecular complexity index is 606. The fourth-order valence-corrected chi connectivity index (χ4v) is 1.46. The van der Waals surface area contributed by atoms with Crippen LogP contribution in [0.15, 0.2) is 30.6 Å². The Morgan fingerprint density at radius 3 is 2.89 bits per heavy atom. The number of anilines is 2. The number of amidine groups is 1. The third-order valence-electron chi connectivity index (χ3n) is 2.26. The number of rotatable bonds is 4. The van der Waals surface area contributed by atoms with Crippen LogP contribution in [0.3, 0.4) is 0 Å². The second kappa shape index (κ2) is 4.53. The maximum absolute atomic E-state index is 10.8. The fraction of sp³-hybridized carbons (Fsp3) is 0. The lowest BCUT2D eigenvalue weighted by Gasteiger charge is -2.05. The van der Waals surface area contributed by atoms with Crippen molar-refractivity contribution < 1.29 is 4.92 Å². The van der Waals surface area contributed by atoms with Gasteiger partial charge in [-0.05, 0) is 6.07 Å². The van der Waals surface area contributed by atoms with Crippen LogP contribution in [0.25, 0.3) is 0 Å². The molecular weight excluding hydrogens is 236 g/mol. The number of benzene rings is 1. The molecule has 18 heavy (non-hydrogen) atoms. The number of nitrogens with one attached hydrogen (secondary N) is 3. The van der Waals surface area contributed by atoms with Gasteiger partial charge < -0.3 is 16.0 Å². The van der Waals surface area contributed by atoms with Gasteiger partial charge in [0.25, 0.3) is 5.69 Å². The highest BCUT2D eigenvalue weighted by molar-refractivity contribution is 5.98. The summed E-state index contributed by atoms with van der Waals surface area (Å²) in [4.78, 5) is 16.9. The van der Waals surface area contributed by atoms with E-state index in [1.165, 1.54) is 12.4 Å². The zero-order chi connectivity index (χ0) is 13.1. The number of H-pyrrole nitrogens is 1. The van der Waals surface area contributed by atoms with Crippen LogP contribution >= 0.6 is 0 Å². The molecular formula is C10H10N6O2. The smallest absolute Gasteiger partial charge is 0.292 e. The Balaban J connectivity index is 2.37. The van der Waals surface area contributed by atoms with Crippen LogP contribution in [-0.4, -0.2) is 20.7 Å². The minimum absolute atomic E-state index is 0.0741. The van der Waals surface area contributed by atoms with Crippen LogP contribution in [0.2, 0.25) is 0 Å². The van der Waals surface area contributed by atoms with Gasteiger partial charge in [0.2, 0.25) is 0 Å². The van der Waals surface area contributed by atoms with E-state index in [1.54, 1.807) is 18.2 Å². The average Bonchev–Trinajstić information content (AvgIpc) is 2.77. The molecule has 0 saturated heterocycles. The number of nitro groups is 1. The third-order valence-corrected chi connectivity index (χ3v) is 2.26. The molecule has 1 heterocycles. The molecule has 2 rings (SSSR count). The van der Waals surface area contributed by atoms with Gasteiger partial charge in [-0.3, -0.25) is 15.5 Å². The third kappa shape index (κ3) is 2.12. The summed E-state index contributed by atoms with van der Waals surface area (Å²) in [6, 6.07) is 6.16. The Labute approximate surface area is 102 Å². The van der Waals surface area contributed by atoms with Crippen LogP contribution in [0.5, 0.6) is 0 Å². The van der Waals surface area contributed by atoms with E-state index in [0.717, 1.165) is 0 Å². The van der Waals surface area contributed by atoms with Gasteiger partial charge in [-0.15, -0.1) is 0 Å². The number of nitrogen functional groups attached to an aromatic ring is 1. The highest BCUT2D eigenvalue weighted by atomic mass is 16.6. The Hall–Kier alpha value is -2.90. The Kier molecular flexibility index (Phi) is 2.92. The largest absolute Gasteiger partial charge is 0.382 e. The van der Waals surface area contributed by atoms with E-state index in [9.17, 15) is 10.1 Å². The first-order valence-corrected chi connectivity index (χ1v) is 4.98. The molecule has 2 aromatic rings. The van der Waals surface area contributed by atoms with Crippen LogP contribution in [0.1, 0.15) is 5.69 Å². The molecule has 5 N–H and O–H groups in total. The first-order chi connectivity index (χ1) is 8.59. The predicted octanol–water partition coefficient (Wildman–Crippen LogP) is 1.35. The van der Waals surface area contributed by atoms with Gasteiger partial charge >= 0.3 is 0 Å². The number of aromatic amines is 1. The highest BCUT2D eigenvalue weighted by Crippen LogP contribution is 2.26. The number of nitrogens with zero attached hydrogens (tertiary/aromatic N) is 2. The molecule has 8 nitrogen and oxygen atoms in total. The maximum atomic E-state index is 10.8. The first-order valence-electron chi connectivity index (χ1n) is 4.98. The monoisotopic (exact) mass is 246 g/mol. The van der Waals surface area contributed by atoms with E-state index < -0.39 is 4.92 Å². The standard InChI is InChI=1S/C10H10N6O2/c11-9(12)8-10(14-5-13-8)15-6-3-1-2-4-7(6)16(17)18/h1-5,15H,(H3,11,12)(H,13,14). The molecule has 0 radical (unpaired) electrons. The predicted molar refractivity (Wildman–Crippen MR) is 66.0 cm³/mol. The summed E-state index contributed by atoms with van der Waals surface area (Å²) in [5.74, 6) is 0.0744. The van der Waals surface area contributed by atoms with E-state index in [0.29, 0.717) is 0 Å². The number of nitrogens with two attached hydrogens (primary N) is 1.